The molecule has 3 N–H and O–H groups in total. The normalized spacial score (nSPS) is 11.1. The molecule has 0 amide bonds. The van der Waals surface area contributed by atoms with Crippen LogP contribution in [0.2, 0.25) is 0 Å². The minimum atomic E-state index is 0.0529. The SMILES string of the molecule is CCCN(CCC)c1ccc2nc(Nc3ccc(C(C)=O)cc3)n(CCCN)c2n1. The number of aromatic nitrogens is 3. The molecule has 2 aromatic heterocycles. The summed E-state index contributed by atoms with van der Waals surface area (Å²) in [7, 11) is 0. The molecule has 0 saturated heterocycles. The van der Waals surface area contributed by atoms with Gasteiger partial charge in [-0.3, -0.25) is 9.36 Å². The number of pyridine rings is 1. The van der Waals surface area contributed by atoms with Crippen molar-refractivity contribution >= 4 is 34.4 Å². The van der Waals surface area contributed by atoms with Gasteiger partial charge >= 0.3 is 0 Å². The topological polar surface area (TPSA) is 89.1 Å². The lowest BCUT2D eigenvalue weighted by Gasteiger charge is -2.22. The van der Waals surface area contributed by atoms with E-state index in [-0.39, 0.29) is 5.78 Å². The first-order valence-corrected chi connectivity index (χ1v) is 10.8. The third kappa shape index (κ3) is 4.97. The summed E-state index contributed by atoms with van der Waals surface area (Å²) in [4.78, 5) is 23.6. The highest BCUT2D eigenvalue weighted by atomic mass is 16.1. The van der Waals surface area contributed by atoms with E-state index in [1.54, 1.807) is 6.92 Å². The molecule has 0 atom stereocenters. The maximum Gasteiger partial charge on any atom is 0.209 e. The summed E-state index contributed by atoms with van der Waals surface area (Å²) in [6.45, 7) is 9.24. The van der Waals surface area contributed by atoms with Crippen LogP contribution >= 0.6 is 0 Å². The summed E-state index contributed by atoms with van der Waals surface area (Å²) in [6, 6.07) is 11.5. The fourth-order valence-electron chi connectivity index (χ4n) is 3.52. The van der Waals surface area contributed by atoms with Gasteiger partial charge in [-0.25, -0.2) is 9.97 Å². The van der Waals surface area contributed by atoms with E-state index in [1.807, 2.05) is 30.3 Å². The highest BCUT2D eigenvalue weighted by Crippen LogP contribution is 2.25. The molecule has 0 saturated carbocycles. The number of nitrogens with zero attached hydrogens (tertiary/aromatic N) is 4. The second kappa shape index (κ2) is 10.2. The zero-order valence-corrected chi connectivity index (χ0v) is 18.2. The molecule has 0 aliphatic heterocycles. The predicted molar refractivity (Wildman–Crippen MR) is 124 cm³/mol. The number of Topliss-reactive ketones (excluding diaryl/α,β-unsaturated/α-hetero) is 1. The van der Waals surface area contributed by atoms with Crippen LogP contribution in [0.1, 0.15) is 50.4 Å². The Balaban J connectivity index is 1.97. The minimum Gasteiger partial charge on any atom is -0.357 e. The zero-order valence-electron chi connectivity index (χ0n) is 18.2. The maximum absolute atomic E-state index is 11.5. The van der Waals surface area contributed by atoms with Gasteiger partial charge in [-0.15, -0.1) is 0 Å². The molecule has 3 aromatic rings. The van der Waals surface area contributed by atoms with E-state index in [4.69, 9.17) is 15.7 Å². The number of imidazole rings is 1. The molecule has 0 spiro atoms. The average Bonchev–Trinajstić information content (AvgIpc) is 3.08. The fraction of sp³-hybridized carbons (Fsp3) is 0.435. The van der Waals surface area contributed by atoms with Crippen molar-refractivity contribution in [2.24, 2.45) is 5.73 Å². The molecule has 160 valence electrons. The molecule has 2 heterocycles. The first-order valence-electron chi connectivity index (χ1n) is 10.8. The lowest BCUT2D eigenvalue weighted by Crippen LogP contribution is -2.25. The van der Waals surface area contributed by atoms with Gasteiger partial charge in [0.1, 0.15) is 11.3 Å². The number of aryl methyl sites for hydroxylation is 1. The van der Waals surface area contributed by atoms with Gasteiger partial charge in [0, 0.05) is 30.9 Å². The highest BCUT2D eigenvalue weighted by molar-refractivity contribution is 5.94. The van der Waals surface area contributed by atoms with Crippen molar-refractivity contribution in [2.45, 2.75) is 46.6 Å². The van der Waals surface area contributed by atoms with Crippen molar-refractivity contribution in [2.75, 3.05) is 29.9 Å². The number of nitrogens with two attached hydrogens (primary N) is 1. The first kappa shape index (κ1) is 21.8. The number of hydrogen-bond donors (Lipinski definition) is 2. The van der Waals surface area contributed by atoms with Crippen LogP contribution < -0.4 is 16.0 Å². The Morgan fingerprint density at radius 2 is 1.77 bits per heavy atom. The van der Waals surface area contributed by atoms with E-state index in [0.29, 0.717) is 12.1 Å². The fourth-order valence-corrected chi connectivity index (χ4v) is 3.52. The van der Waals surface area contributed by atoms with Crippen LogP contribution in [0, 0.1) is 0 Å². The molecule has 0 unspecified atom stereocenters. The molecule has 1 aromatic carbocycles. The smallest absolute Gasteiger partial charge is 0.209 e. The Kier molecular flexibility index (Phi) is 7.41. The van der Waals surface area contributed by atoms with Gasteiger partial charge in [0.25, 0.3) is 0 Å². The van der Waals surface area contributed by atoms with Crippen molar-refractivity contribution in [1.29, 1.82) is 0 Å². The van der Waals surface area contributed by atoms with Gasteiger partial charge in [-0.2, -0.15) is 0 Å². The molecule has 7 nitrogen and oxygen atoms in total. The average molecular weight is 409 g/mol. The van der Waals surface area contributed by atoms with Gasteiger partial charge in [-0.1, -0.05) is 13.8 Å². The summed E-state index contributed by atoms with van der Waals surface area (Å²) in [6.07, 6.45) is 2.99. The third-order valence-corrected chi connectivity index (χ3v) is 5.02. The molecule has 0 aliphatic carbocycles. The Morgan fingerprint density at radius 3 is 2.37 bits per heavy atom. The van der Waals surface area contributed by atoms with E-state index in [2.05, 4.69) is 34.7 Å². The quantitative estimate of drug-likeness (QED) is 0.459. The molecule has 0 bridgehead atoms. The monoisotopic (exact) mass is 408 g/mol. The largest absolute Gasteiger partial charge is 0.357 e. The maximum atomic E-state index is 11.5. The van der Waals surface area contributed by atoms with Crippen molar-refractivity contribution < 1.29 is 4.79 Å². The second-order valence-electron chi connectivity index (χ2n) is 7.49. The zero-order chi connectivity index (χ0) is 21.5. The number of ketones is 1. The van der Waals surface area contributed by atoms with Gasteiger partial charge in [-0.05, 0) is 69.1 Å². The van der Waals surface area contributed by atoms with Crippen LogP contribution in [0.5, 0.6) is 0 Å². The standard InChI is InChI=1S/C23H32N6O/c1-4-14-28(15-5-2)21-12-11-20-22(27-21)29(16-6-13-24)23(26-20)25-19-9-7-18(8-10-19)17(3)30/h7-12H,4-6,13-16,24H2,1-3H3,(H,25,26). The number of carbonyl (C=O) groups is 1. The van der Waals surface area contributed by atoms with E-state index in [1.165, 1.54) is 0 Å². The van der Waals surface area contributed by atoms with Gasteiger partial charge in [0.05, 0.1) is 0 Å². The Hall–Kier alpha value is -2.93. The minimum absolute atomic E-state index is 0.0529. The Bertz CT molecular complexity index is 973. The number of benzene rings is 1. The summed E-state index contributed by atoms with van der Waals surface area (Å²) in [5.74, 6) is 1.77. The van der Waals surface area contributed by atoms with Crippen molar-refractivity contribution in [3.05, 3.63) is 42.0 Å². The van der Waals surface area contributed by atoms with Gasteiger partial charge < -0.3 is 16.0 Å². The number of anilines is 3. The van der Waals surface area contributed by atoms with Crippen LogP contribution in [0.15, 0.2) is 36.4 Å². The number of fused-ring (bicyclic) bond motifs is 1. The summed E-state index contributed by atoms with van der Waals surface area (Å²) >= 11 is 0. The van der Waals surface area contributed by atoms with Crippen molar-refractivity contribution in [1.82, 2.24) is 14.5 Å². The summed E-state index contributed by atoms with van der Waals surface area (Å²) in [5.41, 5.74) is 9.06. The predicted octanol–water partition coefficient (Wildman–Crippen LogP) is 4.35. The highest BCUT2D eigenvalue weighted by Gasteiger charge is 2.15. The Morgan fingerprint density at radius 1 is 1.07 bits per heavy atom. The van der Waals surface area contributed by atoms with Gasteiger partial charge in [0.2, 0.25) is 5.95 Å². The third-order valence-electron chi connectivity index (χ3n) is 5.02. The van der Waals surface area contributed by atoms with Crippen LogP contribution in [0.3, 0.4) is 0 Å². The molecular formula is C23H32N6O. The summed E-state index contributed by atoms with van der Waals surface area (Å²) < 4.78 is 2.10. The lowest BCUT2D eigenvalue weighted by molar-refractivity contribution is 0.101. The van der Waals surface area contributed by atoms with Crippen LogP contribution in [-0.2, 0) is 6.54 Å². The molecule has 0 radical (unpaired) electrons. The van der Waals surface area contributed by atoms with Gasteiger partial charge in [0.15, 0.2) is 11.4 Å². The van der Waals surface area contributed by atoms with E-state index in [9.17, 15) is 4.79 Å². The lowest BCUT2D eigenvalue weighted by atomic mass is 10.1. The number of rotatable bonds is 11. The molecule has 0 aliphatic rings. The Labute approximate surface area is 178 Å². The first-order chi connectivity index (χ1) is 14.6. The molecule has 0 fully saturated rings. The van der Waals surface area contributed by atoms with Crippen LogP contribution in [-0.4, -0.2) is 40.0 Å². The van der Waals surface area contributed by atoms with E-state index >= 15 is 0 Å². The molecule has 7 heteroatoms. The number of nitrogens with one attached hydrogen (secondary N) is 1. The van der Waals surface area contributed by atoms with Crippen LogP contribution in [0.25, 0.3) is 11.2 Å². The van der Waals surface area contributed by atoms with Crippen LogP contribution in [0.4, 0.5) is 17.5 Å². The number of carbonyl (C=O) groups excluding carboxylic acids is 1. The second-order valence-corrected chi connectivity index (χ2v) is 7.49. The van der Waals surface area contributed by atoms with Crippen molar-refractivity contribution in [3.63, 3.8) is 0 Å². The number of hydrogen-bond acceptors (Lipinski definition) is 6. The van der Waals surface area contributed by atoms with E-state index in [0.717, 1.165) is 67.5 Å². The molecule has 3 rings (SSSR count). The summed E-state index contributed by atoms with van der Waals surface area (Å²) in [5, 5.41) is 3.38. The molecular weight excluding hydrogens is 376 g/mol. The van der Waals surface area contributed by atoms with Crippen molar-refractivity contribution in [3.8, 4) is 0 Å². The van der Waals surface area contributed by atoms with E-state index < -0.39 is 0 Å². The molecule has 30 heavy (non-hydrogen) atoms.